The molecule has 124 valence electrons. The van der Waals surface area contributed by atoms with Gasteiger partial charge < -0.3 is 11.1 Å². The maximum atomic E-state index is 8.58. The number of primary amides is 1. The highest BCUT2D eigenvalue weighted by atomic mass is 16.1. The summed E-state index contributed by atoms with van der Waals surface area (Å²) >= 11 is 0. The fourth-order valence-electron chi connectivity index (χ4n) is 2.26. The highest BCUT2D eigenvalue weighted by molar-refractivity contribution is 5.64. The molecule has 0 aliphatic carbocycles. The number of hydrogen-bond donors (Lipinski definition) is 2. The Morgan fingerprint density at radius 1 is 1.09 bits per heavy atom. The first kappa shape index (κ1) is 18.9. The van der Waals surface area contributed by atoms with Gasteiger partial charge in [0.2, 0.25) is 6.41 Å². The molecule has 0 fully saturated rings. The molecule has 0 aliphatic rings. The van der Waals surface area contributed by atoms with Gasteiger partial charge in [0, 0.05) is 6.54 Å². The summed E-state index contributed by atoms with van der Waals surface area (Å²) in [6.07, 6.45) is 1.49. The minimum absolute atomic E-state index is 0.250. The Hall–Kier alpha value is -2.13. The second kappa shape index (κ2) is 10.6. The van der Waals surface area contributed by atoms with Gasteiger partial charge >= 0.3 is 0 Å². The quantitative estimate of drug-likeness (QED) is 0.628. The van der Waals surface area contributed by atoms with Crippen molar-refractivity contribution in [3.05, 3.63) is 59.7 Å². The van der Waals surface area contributed by atoms with E-state index in [2.05, 4.69) is 80.4 Å². The molecule has 0 spiro atoms. The minimum atomic E-state index is 0.250. The third-order valence-electron chi connectivity index (χ3n) is 3.53. The number of hydrogen-bond acceptors (Lipinski definition) is 2. The van der Waals surface area contributed by atoms with E-state index in [4.69, 9.17) is 4.79 Å². The van der Waals surface area contributed by atoms with Crippen LogP contribution >= 0.6 is 0 Å². The molecule has 2 aromatic rings. The number of amides is 1. The Kier molecular flexibility index (Phi) is 8.70. The van der Waals surface area contributed by atoms with Crippen molar-refractivity contribution < 1.29 is 4.79 Å². The van der Waals surface area contributed by atoms with Crippen LogP contribution in [0.2, 0.25) is 0 Å². The lowest BCUT2D eigenvalue weighted by molar-refractivity contribution is -0.106. The SMILES string of the molecule is Cc1cccc(-c2ccc(CNCCC(C)C)cc2)c1.NC=O. The van der Waals surface area contributed by atoms with Gasteiger partial charge in [-0.05, 0) is 42.5 Å². The first-order valence-corrected chi connectivity index (χ1v) is 8.09. The predicted molar refractivity (Wildman–Crippen MR) is 98.0 cm³/mol. The van der Waals surface area contributed by atoms with Crippen LogP contribution in [0, 0.1) is 12.8 Å². The first-order valence-electron chi connectivity index (χ1n) is 8.09. The molecule has 0 unspecified atom stereocenters. The maximum absolute atomic E-state index is 8.58. The monoisotopic (exact) mass is 312 g/mol. The van der Waals surface area contributed by atoms with Crippen molar-refractivity contribution in [2.45, 2.75) is 33.7 Å². The van der Waals surface area contributed by atoms with Crippen molar-refractivity contribution in [1.29, 1.82) is 0 Å². The lowest BCUT2D eigenvalue weighted by atomic mass is 10.0. The van der Waals surface area contributed by atoms with Gasteiger partial charge in [-0.1, -0.05) is 67.9 Å². The summed E-state index contributed by atoms with van der Waals surface area (Å²) in [6.45, 7) is 8.71. The molecule has 23 heavy (non-hydrogen) atoms. The number of rotatable bonds is 6. The summed E-state index contributed by atoms with van der Waals surface area (Å²) in [5.41, 5.74) is 9.41. The Morgan fingerprint density at radius 2 is 1.74 bits per heavy atom. The molecule has 3 heteroatoms. The average Bonchev–Trinajstić information content (AvgIpc) is 2.53. The van der Waals surface area contributed by atoms with E-state index in [0.717, 1.165) is 19.0 Å². The van der Waals surface area contributed by atoms with E-state index in [9.17, 15) is 0 Å². The van der Waals surface area contributed by atoms with Gasteiger partial charge in [-0.2, -0.15) is 0 Å². The number of carbonyl (C=O) groups is 1. The Bertz CT molecular complexity index is 576. The molecule has 0 aliphatic heterocycles. The Balaban J connectivity index is 0.000000816. The van der Waals surface area contributed by atoms with Crippen molar-refractivity contribution in [1.82, 2.24) is 5.32 Å². The smallest absolute Gasteiger partial charge is 0.204 e. The molecule has 2 rings (SSSR count). The standard InChI is InChI=1S/C19H25N.CH3NO/c1-15(2)11-12-20-14-17-7-9-18(10-8-17)19-6-4-5-16(3)13-19;2-1-3/h4-10,13,15,20H,11-12,14H2,1-3H3;1H,(H2,2,3). The van der Waals surface area contributed by atoms with Crippen LogP contribution in [0.3, 0.4) is 0 Å². The minimum Gasteiger partial charge on any atom is -0.372 e. The molecular formula is C20H28N2O. The predicted octanol–water partition coefficient (Wildman–Crippen LogP) is 3.90. The largest absolute Gasteiger partial charge is 0.372 e. The van der Waals surface area contributed by atoms with Gasteiger partial charge in [-0.3, -0.25) is 4.79 Å². The van der Waals surface area contributed by atoms with Crippen LogP contribution in [0.1, 0.15) is 31.4 Å². The summed E-state index contributed by atoms with van der Waals surface area (Å²) in [6, 6.07) is 17.5. The molecule has 0 saturated carbocycles. The Morgan fingerprint density at radius 3 is 2.30 bits per heavy atom. The fourth-order valence-corrected chi connectivity index (χ4v) is 2.26. The number of nitrogens with one attached hydrogen (secondary N) is 1. The summed E-state index contributed by atoms with van der Waals surface area (Å²) in [5.74, 6) is 0.770. The van der Waals surface area contributed by atoms with Gasteiger partial charge in [-0.25, -0.2) is 0 Å². The molecule has 0 bridgehead atoms. The molecule has 0 atom stereocenters. The lowest BCUT2D eigenvalue weighted by Crippen LogP contribution is -2.16. The van der Waals surface area contributed by atoms with Crippen LogP contribution in [0.25, 0.3) is 11.1 Å². The summed E-state index contributed by atoms with van der Waals surface area (Å²) in [5, 5.41) is 3.50. The third kappa shape index (κ3) is 7.61. The van der Waals surface area contributed by atoms with Gasteiger partial charge in [0.1, 0.15) is 0 Å². The molecular weight excluding hydrogens is 284 g/mol. The Labute approximate surface area is 139 Å². The topological polar surface area (TPSA) is 55.1 Å². The van der Waals surface area contributed by atoms with Crippen LogP contribution in [-0.4, -0.2) is 13.0 Å². The number of benzene rings is 2. The van der Waals surface area contributed by atoms with Gasteiger partial charge in [0.15, 0.2) is 0 Å². The molecule has 0 aromatic heterocycles. The number of aryl methyl sites for hydroxylation is 1. The molecule has 0 radical (unpaired) electrons. The lowest BCUT2D eigenvalue weighted by Gasteiger charge is -2.08. The van der Waals surface area contributed by atoms with E-state index in [-0.39, 0.29) is 6.41 Å². The summed E-state index contributed by atoms with van der Waals surface area (Å²) in [7, 11) is 0. The molecule has 2 aromatic carbocycles. The van der Waals surface area contributed by atoms with Crippen LogP contribution < -0.4 is 11.1 Å². The van der Waals surface area contributed by atoms with E-state index in [0.29, 0.717) is 0 Å². The molecule has 0 heterocycles. The van der Waals surface area contributed by atoms with Crippen molar-refractivity contribution in [3.8, 4) is 11.1 Å². The van der Waals surface area contributed by atoms with Crippen LogP contribution in [-0.2, 0) is 11.3 Å². The molecule has 1 amide bonds. The van der Waals surface area contributed by atoms with Crippen molar-refractivity contribution in [2.24, 2.45) is 11.7 Å². The number of nitrogens with two attached hydrogens (primary N) is 1. The highest BCUT2D eigenvalue weighted by Gasteiger charge is 1.99. The highest BCUT2D eigenvalue weighted by Crippen LogP contribution is 2.20. The summed E-state index contributed by atoms with van der Waals surface area (Å²) < 4.78 is 0. The molecule has 3 nitrogen and oxygen atoms in total. The second-order valence-corrected chi connectivity index (χ2v) is 6.06. The van der Waals surface area contributed by atoms with Crippen molar-refractivity contribution >= 4 is 6.41 Å². The second-order valence-electron chi connectivity index (χ2n) is 6.06. The van der Waals surface area contributed by atoms with Crippen molar-refractivity contribution in [3.63, 3.8) is 0 Å². The van der Waals surface area contributed by atoms with E-state index in [1.54, 1.807) is 0 Å². The van der Waals surface area contributed by atoms with Gasteiger partial charge in [-0.15, -0.1) is 0 Å². The average molecular weight is 312 g/mol. The zero-order chi connectivity index (χ0) is 17.1. The van der Waals surface area contributed by atoms with Gasteiger partial charge in [0.05, 0.1) is 0 Å². The zero-order valence-corrected chi connectivity index (χ0v) is 14.4. The first-order chi connectivity index (χ1) is 11.1. The van der Waals surface area contributed by atoms with E-state index in [1.807, 2.05) is 0 Å². The molecule has 3 N–H and O–H groups in total. The van der Waals surface area contributed by atoms with Crippen LogP contribution in [0.15, 0.2) is 48.5 Å². The third-order valence-corrected chi connectivity index (χ3v) is 3.53. The normalized spacial score (nSPS) is 10.1. The maximum Gasteiger partial charge on any atom is 0.204 e. The number of carbonyl (C=O) groups excluding carboxylic acids is 1. The zero-order valence-electron chi connectivity index (χ0n) is 14.4. The van der Waals surface area contributed by atoms with E-state index in [1.165, 1.54) is 28.7 Å². The fraction of sp³-hybridized carbons (Fsp3) is 0.350. The van der Waals surface area contributed by atoms with Gasteiger partial charge in [0.25, 0.3) is 0 Å². The summed E-state index contributed by atoms with van der Waals surface area (Å²) in [4.78, 5) is 8.58. The van der Waals surface area contributed by atoms with Crippen LogP contribution in [0.4, 0.5) is 0 Å². The van der Waals surface area contributed by atoms with E-state index < -0.39 is 0 Å². The molecule has 0 saturated heterocycles. The van der Waals surface area contributed by atoms with Crippen molar-refractivity contribution in [2.75, 3.05) is 6.54 Å². The van der Waals surface area contributed by atoms with E-state index >= 15 is 0 Å². The van der Waals surface area contributed by atoms with Crippen LogP contribution in [0.5, 0.6) is 0 Å².